The maximum atomic E-state index is 5.13. The molecule has 1 heterocycles. The van der Waals surface area contributed by atoms with Crippen LogP contribution in [0.15, 0.2) is 4.52 Å². The van der Waals surface area contributed by atoms with Crippen LogP contribution < -0.4 is 5.32 Å². The molecule has 0 saturated heterocycles. The lowest BCUT2D eigenvalue weighted by atomic mass is 10.1. The second-order valence-electron chi connectivity index (χ2n) is 3.21. The standard InChI is InChI=1S/C9H17N3O/c1-4-7(2)9-11-8(12-13-9)5-6-10-3/h7,10H,4-6H2,1-3H3. The van der Waals surface area contributed by atoms with Gasteiger partial charge in [-0.15, -0.1) is 0 Å². The molecule has 1 aromatic rings. The molecule has 0 radical (unpaired) electrons. The summed E-state index contributed by atoms with van der Waals surface area (Å²) >= 11 is 0. The van der Waals surface area contributed by atoms with Crippen molar-refractivity contribution in [2.24, 2.45) is 0 Å². The van der Waals surface area contributed by atoms with Crippen LogP contribution in [-0.4, -0.2) is 23.7 Å². The van der Waals surface area contributed by atoms with E-state index in [1.54, 1.807) is 0 Å². The average molecular weight is 183 g/mol. The van der Waals surface area contributed by atoms with Gasteiger partial charge in [0.2, 0.25) is 5.89 Å². The van der Waals surface area contributed by atoms with Gasteiger partial charge < -0.3 is 9.84 Å². The van der Waals surface area contributed by atoms with Gasteiger partial charge in [0, 0.05) is 18.9 Å². The van der Waals surface area contributed by atoms with E-state index in [0.717, 1.165) is 31.1 Å². The Balaban J connectivity index is 2.53. The van der Waals surface area contributed by atoms with Gasteiger partial charge >= 0.3 is 0 Å². The van der Waals surface area contributed by atoms with Gasteiger partial charge in [-0.1, -0.05) is 19.0 Å². The van der Waals surface area contributed by atoms with Crippen molar-refractivity contribution in [2.45, 2.75) is 32.6 Å². The van der Waals surface area contributed by atoms with Crippen LogP contribution in [0.4, 0.5) is 0 Å². The first-order chi connectivity index (χ1) is 6.27. The summed E-state index contributed by atoms with van der Waals surface area (Å²) in [6.07, 6.45) is 1.87. The van der Waals surface area contributed by atoms with E-state index in [0.29, 0.717) is 5.92 Å². The molecule has 13 heavy (non-hydrogen) atoms. The second kappa shape index (κ2) is 4.97. The van der Waals surface area contributed by atoms with Crippen LogP contribution in [0.1, 0.15) is 37.9 Å². The van der Waals surface area contributed by atoms with E-state index >= 15 is 0 Å². The van der Waals surface area contributed by atoms with Gasteiger partial charge in [-0.25, -0.2) is 0 Å². The van der Waals surface area contributed by atoms with Crippen LogP contribution in [0.25, 0.3) is 0 Å². The molecule has 0 amide bonds. The number of nitrogens with one attached hydrogen (secondary N) is 1. The van der Waals surface area contributed by atoms with Crippen molar-refractivity contribution in [3.8, 4) is 0 Å². The fraction of sp³-hybridized carbons (Fsp3) is 0.778. The molecular formula is C9H17N3O. The zero-order valence-electron chi connectivity index (χ0n) is 8.50. The summed E-state index contributed by atoms with van der Waals surface area (Å²) in [5.41, 5.74) is 0. The van der Waals surface area contributed by atoms with E-state index in [2.05, 4.69) is 29.3 Å². The minimum absolute atomic E-state index is 0.371. The zero-order valence-corrected chi connectivity index (χ0v) is 8.50. The Labute approximate surface area is 78.7 Å². The van der Waals surface area contributed by atoms with E-state index in [1.807, 2.05) is 7.05 Å². The van der Waals surface area contributed by atoms with Crippen LogP contribution >= 0.6 is 0 Å². The summed E-state index contributed by atoms with van der Waals surface area (Å²) in [4.78, 5) is 4.30. The lowest BCUT2D eigenvalue weighted by Gasteiger charge is -1.98. The lowest BCUT2D eigenvalue weighted by molar-refractivity contribution is 0.352. The Morgan fingerprint density at radius 3 is 2.92 bits per heavy atom. The monoisotopic (exact) mass is 183 g/mol. The van der Waals surface area contributed by atoms with Crippen LogP contribution in [0.5, 0.6) is 0 Å². The Bertz CT molecular complexity index is 247. The Morgan fingerprint density at radius 1 is 1.54 bits per heavy atom. The van der Waals surface area contributed by atoms with E-state index in [1.165, 1.54) is 0 Å². The molecule has 0 spiro atoms. The highest BCUT2D eigenvalue weighted by molar-refractivity contribution is 4.92. The lowest BCUT2D eigenvalue weighted by Crippen LogP contribution is -2.11. The number of nitrogens with zero attached hydrogens (tertiary/aromatic N) is 2. The molecule has 0 saturated carbocycles. The third-order valence-electron chi connectivity index (χ3n) is 2.12. The van der Waals surface area contributed by atoms with Gasteiger partial charge in [0.15, 0.2) is 5.82 Å². The van der Waals surface area contributed by atoms with Crippen LogP contribution in [0.2, 0.25) is 0 Å². The van der Waals surface area contributed by atoms with Crippen LogP contribution in [-0.2, 0) is 6.42 Å². The summed E-state index contributed by atoms with van der Waals surface area (Å²) in [5.74, 6) is 1.93. The SMILES string of the molecule is CCC(C)c1nc(CCNC)no1. The van der Waals surface area contributed by atoms with Gasteiger partial charge in [0.1, 0.15) is 0 Å². The molecule has 0 fully saturated rings. The molecule has 0 aliphatic carbocycles. The molecule has 1 atom stereocenters. The smallest absolute Gasteiger partial charge is 0.229 e. The number of rotatable bonds is 5. The molecule has 1 rings (SSSR count). The number of likely N-dealkylation sites (N-methyl/N-ethyl adjacent to an activating group) is 1. The molecule has 1 aromatic heterocycles. The van der Waals surface area contributed by atoms with Crippen molar-refractivity contribution in [2.75, 3.05) is 13.6 Å². The third kappa shape index (κ3) is 2.81. The summed E-state index contributed by atoms with van der Waals surface area (Å²) in [7, 11) is 1.91. The summed E-state index contributed by atoms with van der Waals surface area (Å²) in [6, 6.07) is 0. The van der Waals surface area contributed by atoms with E-state index < -0.39 is 0 Å². The summed E-state index contributed by atoms with van der Waals surface area (Å²) in [6.45, 7) is 5.09. The van der Waals surface area contributed by atoms with Crippen molar-refractivity contribution < 1.29 is 4.52 Å². The van der Waals surface area contributed by atoms with Gasteiger partial charge in [-0.3, -0.25) is 0 Å². The molecule has 74 valence electrons. The number of hydrogen-bond acceptors (Lipinski definition) is 4. The minimum Gasteiger partial charge on any atom is -0.339 e. The maximum Gasteiger partial charge on any atom is 0.229 e. The first kappa shape index (κ1) is 10.2. The molecule has 4 heteroatoms. The molecule has 4 nitrogen and oxygen atoms in total. The van der Waals surface area contributed by atoms with Gasteiger partial charge in [0.05, 0.1) is 0 Å². The summed E-state index contributed by atoms with van der Waals surface area (Å²) in [5, 5.41) is 6.94. The van der Waals surface area contributed by atoms with E-state index in [9.17, 15) is 0 Å². The Kier molecular flexibility index (Phi) is 3.89. The molecular weight excluding hydrogens is 166 g/mol. The van der Waals surface area contributed by atoms with Crippen molar-refractivity contribution in [1.29, 1.82) is 0 Å². The molecule has 0 aliphatic heterocycles. The number of hydrogen-bond donors (Lipinski definition) is 1. The van der Waals surface area contributed by atoms with E-state index in [-0.39, 0.29) is 0 Å². The van der Waals surface area contributed by atoms with Gasteiger partial charge in [-0.2, -0.15) is 4.98 Å². The minimum atomic E-state index is 0.371. The Morgan fingerprint density at radius 2 is 2.31 bits per heavy atom. The quantitative estimate of drug-likeness (QED) is 0.748. The summed E-state index contributed by atoms with van der Waals surface area (Å²) < 4.78 is 5.13. The molecule has 0 bridgehead atoms. The predicted octanol–water partition coefficient (Wildman–Crippen LogP) is 1.34. The highest BCUT2D eigenvalue weighted by Crippen LogP contribution is 2.15. The van der Waals surface area contributed by atoms with Crippen molar-refractivity contribution >= 4 is 0 Å². The third-order valence-corrected chi connectivity index (χ3v) is 2.12. The van der Waals surface area contributed by atoms with Gasteiger partial charge in [-0.05, 0) is 13.5 Å². The molecule has 0 aliphatic rings. The number of aromatic nitrogens is 2. The predicted molar refractivity (Wildman–Crippen MR) is 50.6 cm³/mol. The molecule has 1 unspecified atom stereocenters. The largest absolute Gasteiger partial charge is 0.339 e. The van der Waals surface area contributed by atoms with E-state index in [4.69, 9.17) is 4.52 Å². The van der Waals surface area contributed by atoms with Crippen molar-refractivity contribution in [3.05, 3.63) is 11.7 Å². The second-order valence-corrected chi connectivity index (χ2v) is 3.21. The fourth-order valence-corrected chi connectivity index (χ4v) is 0.981. The fourth-order valence-electron chi connectivity index (χ4n) is 0.981. The van der Waals surface area contributed by atoms with Crippen LogP contribution in [0, 0.1) is 0 Å². The zero-order chi connectivity index (χ0) is 9.68. The first-order valence-corrected chi connectivity index (χ1v) is 4.75. The first-order valence-electron chi connectivity index (χ1n) is 4.75. The average Bonchev–Trinajstić information content (AvgIpc) is 2.62. The maximum absolute atomic E-state index is 5.13. The van der Waals surface area contributed by atoms with Crippen molar-refractivity contribution in [3.63, 3.8) is 0 Å². The molecule has 0 aromatic carbocycles. The van der Waals surface area contributed by atoms with Gasteiger partial charge in [0.25, 0.3) is 0 Å². The van der Waals surface area contributed by atoms with Crippen LogP contribution in [0.3, 0.4) is 0 Å². The Hall–Kier alpha value is -0.900. The normalized spacial score (nSPS) is 13.2. The molecule has 1 N–H and O–H groups in total. The topological polar surface area (TPSA) is 51.0 Å². The van der Waals surface area contributed by atoms with Crippen molar-refractivity contribution in [1.82, 2.24) is 15.5 Å². The highest BCUT2D eigenvalue weighted by atomic mass is 16.5. The highest BCUT2D eigenvalue weighted by Gasteiger charge is 2.11.